The van der Waals surface area contributed by atoms with E-state index in [9.17, 15) is 18.0 Å². The van der Waals surface area contributed by atoms with Crippen LogP contribution in [0.2, 0.25) is 0 Å². The predicted octanol–water partition coefficient (Wildman–Crippen LogP) is 4.38. The van der Waals surface area contributed by atoms with E-state index in [1.165, 1.54) is 38.6 Å². The monoisotopic (exact) mass is 616 g/mol. The van der Waals surface area contributed by atoms with Gasteiger partial charge in [0, 0.05) is 11.8 Å². The molecule has 0 aliphatic carbocycles. The lowest BCUT2D eigenvalue weighted by molar-refractivity contribution is -0.119. The second-order valence-corrected chi connectivity index (χ2v) is 11.3. The van der Waals surface area contributed by atoms with Crippen molar-refractivity contribution in [3.8, 4) is 17.2 Å². The fourth-order valence-electron chi connectivity index (χ4n) is 3.99. The molecule has 0 unspecified atom stereocenters. The van der Waals surface area contributed by atoms with Crippen LogP contribution in [-0.2, 0) is 19.6 Å². The largest absolute Gasteiger partial charge is 0.493 e. The Morgan fingerprint density at radius 1 is 0.841 bits per heavy atom. The average Bonchev–Trinajstić information content (AvgIpc) is 3.04. The summed E-state index contributed by atoms with van der Waals surface area (Å²) in [5.74, 6) is 0.128. The molecule has 0 saturated carbocycles. The first-order valence-electron chi connectivity index (χ1n) is 13.4. The summed E-state index contributed by atoms with van der Waals surface area (Å²) in [6.07, 6.45) is 1.40. The molecule has 0 bridgehead atoms. The van der Waals surface area contributed by atoms with Crippen molar-refractivity contribution in [2.24, 2.45) is 5.10 Å². The summed E-state index contributed by atoms with van der Waals surface area (Å²) in [5.41, 5.74) is 5.08. The van der Waals surface area contributed by atoms with Crippen LogP contribution in [0.1, 0.15) is 11.1 Å². The Morgan fingerprint density at radius 3 is 2.18 bits per heavy atom. The zero-order valence-electron chi connectivity index (χ0n) is 24.4. The van der Waals surface area contributed by atoms with Crippen LogP contribution in [0.5, 0.6) is 17.2 Å². The van der Waals surface area contributed by atoms with Crippen LogP contribution in [0.25, 0.3) is 0 Å². The van der Waals surface area contributed by atoms with Gasteiger partial charge in [0.15, 0.2) is 18.1 Å². The Kier molecular flexibility index (Phi) is 10.5. The summed E-state index contributed by atoms with van der Waals surface area (Å²) in [6.45, 7) is 1.27. The number of sulfonamides is 1. The first kappa shape index (κ1) is 31.6. The van der Waals surface area contributed by atoms with Gasteiger partial charge in [0.2, 0.25) is 0 Å². The van der Waals surface area contributed by atoms with Gasteiger partial charge in [-0.1, -0.05) is 35.9 Å². The van der Waals surface area contributed by atoms with Crippen molar-refractivity contribution in [3.05, 3.63) is 108 Å². The zero-order valence-corrected chi connectivity index (χ0v) is 25.2. The summed E-state index contributed by atoms with van der Waals surface area (Å²) in [6, 6.07) is 26.6. The molecule has 228 valence electrons. The van der Waals surface area contributed by atoms with E-state index in [0.29, 0.717) is 28.4 Å². The molecule has 0 saturated heterocycles. The van der Waals surface area contributed by atoms with E-state index in [0.717, 1.165) is 9.87 Å². The topological polar surface area (TPSA) is 136 Å². The van der Waals surface area contributed by atoms with E-state index in [2.05, 4.69) is 15.8 Å². The van der Waals surface area contributed by atoms with Gasteiger partial charge >= 0.3 is 0 Å². The number of nitrogens with one attached hydrogen (secondary N) is 2. The number of anilines is 2. The number of methoxy groups -OCH3 is 2. The minimum atomic E-state index is -4.18. The maximum absolute atomic E-state index is 13.6. The number of nitrogens with zero attached hydrogens (tertiary/aromatic N) is 2. The highest BCUT2D eigenvalue weighted by molar-refractivity contribution is 7.92. The Morgan fingerprint density at radius 2 is 1.52 bits per heavy atom. The molecular weight excluding hydrogens is 584 g/mol. The van der Waals surface area contributed by atoms with Gasteiger partial charge < -0.3 is 19.5 Å². The highest BCUT2D eigenvalue weighted by Crippen LogP contribution is 2.32. The van der Waals surface area contributed by atoms with E-state index >= 15 is 0 Å². The van der Waals surface area contributed by atoms with E-state index in [-0.39, 0.29) is 23.2 Å². The third-order valence-corrected chi connectivity index (χ3v) is 8.03. The molecule has 12 heteroatoms. The molecule has 2 amide bonds. The number of aryl methyl sites for hydroxylation is 1. The lowest BCUT2D eigenvalue weighted by Crippen LogP contribution is -2.39. The maximum Gasteiger partial charge on any atom is 0.264 e. The quantitative estimate of drug-likeness (QED) is 0.168. The molecule has 0 atom stereocenters. The number of carbonyl (C=O) groups is 2. The normalized spacial score (nSPS) is 11.1. The smallest absolute Gasteiger partial charge is 0.264 e. The molecule has 4 rings (SSSR count). The zero-order chi connectivity index (χ0) is 31.5. The van der Waals surface area contributed by atoms with Crippen LogP contribution in [-0.4, -0.2) is 53.8 Å². The standard InChI is InChI=1S/C32H32N4O7S/c1-23-9-13-25(14-10-23)34-32(38)22-43-27-15-11-24(12-16-27)20-33-35-31(37)21-36(26-7-5-4-6-8-26)44(39,40)28-17-18-29(41-2)30(19-28)42-3/h4-20H,21-22H2,1-3H3,(H,34,38)(H,35,37)/b33-20-. The SMILES string of the molecule is COc1ccc(S(=O)(=O)N(CC(=O)N/N=C\c2ccc(OCC(=O)Nc3ccc(C)cc3)cc2)c2ccccc2)cc1OC. The number of carbonyl (C=O) groups excluding carboxylic acids is 2. The van der Waals surface area contributed by atoms with Crippen LogP contribution >= 0.6 is 0 Å². The van der Waals surface area contributed by atoms with Gasteiger partial charge in [0.25, 0.3) is 21.8 Å². The maximum atomic E-state index is 13.6. The van der Waals surface area contributed by atoms with Gasteiger partial charge in [-0.25, -0.2) is 13.8 Å². The molecule has 11 nitrogen and oxygen atoms in total. The number of hydrogen-bond acceptors (Lipinski definition) is 8. The predicted molar refractivity (Wildman–Crippen MR) is 168 cm³/mol. The lowest BCUT2D eigenvalue weighted by atomic mass is 10.2. The second kappa shape index (κ2) is 14.7. The van der Waals surface area contributed by atoms with Crippen molar-refractivity contribution in [1.82, 2.24) is 5.43 Å². The molecule has 0 spiro atoms. The molecule has 0 radical (unpaired) electrons. The Hall–Kier alpha value is -5.36. The minimum absolute atomic E-state index is 0.0785. The summed E-state index contributed by atoms with van der Waals surface area (Å²) in [4.78, 5) is 24.9. The first-order chi connectivity index (χ1) is 21.2. The Labute approximate surface area is 256 Å². The number of rotatable bonds is 13. The fraction of sp³-hybridized carbons (Fsp3) is 0.156. The molecule has 44 heavy (non-hydrogen) atoms. The van der Waals surface area contributed by atoms with Gasteiger partial charge in [-0.05, 0) is 73.2 Å². The molecule has 0 aromatic heterocycles. The highest BCUT2D eigenvalue weighted by atomic mass is 32.2. The van der Waals surface area contributed by atoms with Crippen molar-refractivity contribution >= 4 is 39.4 Å². The van der Waals surface area contributed by atoms with Gasteiger partial charge in [0.1, 0.15) is 12.3 Å². The van der Waals surface area contributed by atoms with Gasteiger partial charge in [-0.3, -0.25) is 13.9 Å². The molecule has 4 aromatic rings. The van der Waals surface area contributed by atoms with Crippen LogP contribution < -0.4 is 29.3 Å². The number of ether oxygens (including phenoxy) is 3. The number of benzene rings is 4. The number of para-hydroxylation sites is 1. The fourth-order valence-corrected chi connectivity index (χ4v) is 5.43. The molecule has 4 aromatic carbocycles. The van der Waals surface area contributed by atoms with Crippen molar-refractivity contribution < 1.29 is 32.2 Å². The van der Waals surface area contributed by atoms with E-state index in [1.54, 1.807) is 54.6 Å². The molecule has 2 N–H and O–H groups in total. The first-order valence-corrected chi connectivity index (χ1v) is 14.8. The highest BCUT2D eigenvalue weighted by Gasteiger charge is 2.28. The van der Waals surface area contributed by atoms with Crippen molar-refractivity contribution in [1.29, 1.82) is 0 Å². The van der Waals surface area contributed by atoms with Crippen molar-refractivity contribution in [2.75, 3.05) is 37.0 Å². The summed E-state index contributed by atoms with van der Waals surface area (Å²) < 4.78 is 44.3. The Balaban J connectivity index is 1.36. The van der Waals surface area contributed by atoms with Crippen LogP contribution in [0.15, 0.2) is 107 Å². The summed E-state index contributed by atoms with van der Waals surface area (Å²) in [5, 5.41) is 6.73. The molecule has 0 aliphatic rings. The summed E-state index contributed by atoms with van der Waals surface area (Å²) in [7, 11) is -1.32. The number of amides is 2. The van der Waals surface area contributed by atoms with Crippen molar-refractivity contribution in [3.63, 3.8) is 0 Å². The minimum Gasteiger partial charge on any atom is -0.493 e. The van der Waals surface area contributed by atoms with E-state index < -0.39 is 22.5 Å². The van der Waals surface area contributed by atoms with E-state index in [1.807, 2.05) is 31.2 Å². The third-order valence-electron chi connectivity index (χ3n) is 6.26. The summed E-state index contributed by atoms with van der Waals surface area (Å²) >= 11 is 0. The lowest BCUT2D eigenvalue weighted by Gasteiger charge is -2.24. The van der Waals surface area contributed by atoms with Crippen LogP contribution in [0.3, 0.4) is 0 Å². The number of hydrazone groups is 1. The molecule has 0 aliphatic heterocycles. The van der Waals surface area contributed by atoms with Crippen LogP contribution in [0, 0.1) is 6.92 Å². The van der Waals surface area contributed by atoms with Gasteiger partial charge in [-0.2, -0.15) is 5.10 Å². The van der Waals surface area contributed by atoms with Gasteiger partial charge in [0.05, 0.1) is 31.0 Å². The third kappa shape index (κ3) is 8.35. The van der Waals surface area contributed by atoms with Crippen LogP contribution in [0.4, 0.5) is 11.4 Å². The molecule has 0 heterocycles. The van der Waals surface area contributed by atoms with Gasteiger partial charge in [-0.15, -0.1) is 0 Å². The molecule has 0 fully saturated rings. The molecular formula is C32H32N4O7S. The van der Waals surface area contributed by atoms with E-state index in [4.69, 9.17) is 14.2 Å². The second-order valence-electron chi connectivity index (χ2n) is 9.43. The number of hydrogen-bond donors (Lipinski definition) is 2. The van der Waals surface area contributed by atoms with Crippen molar-refractivity contribution in [2.45, 2.75) is 11.8 Å². The average molecular weight is 617 g/mol. The Bertz CT molecular complexity index is 1710.